The monoisotopic (exact) mass is 246 g/mol. The summed E-state index contributed by atoms with van der Waals surface area (Å²) in [5.41, 5.74) is 0.893. The van der Waals surface area contributed by atoms with E-state index in [0.29, 0.717) is 17.8 Å². The van der Waals surface area contributed by atoms with Gasteiger partial charge in [0.25, 0.3) is 5.91 Å². The second-order valence-electron chi connectivity index (χ2n) is 4.04. The molecule has 96 valence electrons. The maximum atomic E-state index is 12.3. The minimum absolute atomic E-state index is 0.114. The van der Waals surface area contributed by atoms with Crippen LogP contribution in [0.1, 0.15) is 36.8 Å². The van der Waals surface area contributed by atoms with Crippen LogP contribution in [0.25, 0.3) is 0 Å². The highest BCUT2D eigenvalue weighted by Gasteiger charge is 2.20. The molecule has 0 saturated carbocycles. The third-order valence-electron chi connectivity index (χ3n) is 2.54. The van der Waals surface area contributed by atoms with E-state index >= 15 is 0 Å². The summed E-state index contributed by atoms with van der Waals surface area (Å²) in [5, 5.41) is 8.71. The van der Waals surface area contributed by atoms with Gasteiger partial charge >= 0.3 is 0 Å². The maximum Gasteiger partial charge on any atom is 0.273 e. The molecule has 0 aliphatic carbocycles. The van der Waals surface area contributed by atoms with E-state index in [9.17, 15) is 4.79 Å². The lowest BCUT2D eigenvalue weighted by atomic mass is 10.1. The van der Waals surface area contributed by atoms with E-state index < -0.39 is 0 Å². The van der Waals surface area contributed by atoms with Gasteiger partial charge in [0.05, 0.1) is 5.56 Å². The predicted molar refractivity (Wildman–Crippen MR) is 70.0 cm³/mol. The zero-order chi connectivity index (χ0) is 13.5. The topological polar surface area (TPSA) is 53.4 Å². The molecule has 4 nitrogen and oxygen atoms in total. The molecule has 0 aliphatic heterocycles. The summed E-state index contributed by atoms with van der Waals surface area (Å²) in [6.45, 7) is 6.25. The van der Waals surface area contributed by atoms with Crippen LogP contribution < -0.4 is 0 Å². The standard InChI is InChI=1S/C14H18N2O2/c1-4-16(11(2)3)14(18)13-12(8-6-10-17)7-5-9-15-13/h5,7,9,11,17H,4,10H2,1-3H3. The van der Waals surface area contributed by atoms with Gasteiger partial charge in [0.2, 0.25) is 0 Å². The Labute approximate surface area is 108 Å². The summed E-state index contributed by atoms with van der Waals surface area (Å²) >= 11 is 0. The first kappa shape index (κ1) is 14.2. The Bertz CT molecular complexity index is 472. The largest absolute Gasteiger partial charge is 0.384 e. The zero-order valence-electron chi connectivity index (χ0n) is 11.0. The molecule has 1 aromatic heterocycles. The number of carbonyl (C=O) groups is 1. The number of aliphatic hydroxyl groups excluding tert-OH is 1. The molecule has 0 spiro atoms. The summed E-state index contributed by atoms with van der Waals surface area (Å²) in [6, 6.07) is 3.57. The Hall–Kier alpha value is -1.86. The van der Waals surface area contributed by atoms with Crippen molar-refractivity contribution < 1.29 is 9.90 Å². The van der Waals surface area contributed by atoms with E-state index in [2.05, 4.69) is 16.8 Å². The highest BCUT2D eigenvalue weighted by molar-refractivity contribution is 5.94. The fourth-order valence-electron chi connectivity index (χ4n) is 1.69. The van der Waals surface area contributed by atoms with E-state index in [1.807, 2.05) is 20.8 Å². The molecule has 4 heteroatoms. The van der Waals surface area contributed by atoms with Crippen molar-refractivity contribution in [3.8, 4) is 11.8 Å². The lowest BCUT2D eigenvalue weighted by molar-refractivity contribution is 0.0710. The quantitative estimate of drug-likeness (QED) is 0.818. The van der Waals surface area contributed by atoms with Crippen molar-refractivity contribution in [2.45, 2.75) is 26.8 Å². The fraction of sp³-hybridized carbons (Fsp3) is 0.429. The summed E-state index contributed by atoms with van der Waals surface area (Å²) in [7, 11) is 0. The van der Waals surface area contributed by atoms with Crippen molar-refractivity contribution >= 4 is 5.91 Å². The molecule has 0 fully saturated rings. The fourth-order valence-corrected chi connectivity index (χ4v) is 1.69. The number of hydrogen-bond donors (Lipinski definition) is 1. The molecular formula is C14H18N2O2. The number of pyridine rings is 1. The highest BCUT2D eigenvalue weighted by atomic mass is 16.2. The van der Waals surface area contributed by atoms with Crippen LogP contribution in [0.5, 0.6) is 0 Å². The zero-order valence-corrected chi connectivity index (χ0v) is 11.0. The molecular weight excluding hydrogens is 228 g/mol. The Balaban J connectivity index is 3.12. The average Bonchev–Trinajstić information content (AvgIpc) is 2.37. The molecule has 0 atom stereocenters. The molecule has 0 aromatic carbocycles. The van der Waals surface area contributed by atoms with Crippen LogP contribution in [0, 0.1) is 11.8 Å². The summed E-state index contributed by atoms with van der Waals surface area (Å²) < 4.78 is 0. The van der Waals surface area contributed by atoms with E-state index in [-0.39, 0.29) is 18.6 Å². The average molecular weight is 246 g/mol. The van der Waals surface area contributed by atoms with Crippen molar-refractivity contribution in [2.75, 3.05) is 13.2 Å². The number of carbonyl (C=O) groups excluding carboxylic acids is 1. The van der Waals surface area contributed by atoms with Crippen molar-refractivity contribution in [3.63, 3.8) is 0 Å². The van der Waals surface area contributed by atoms with Gasteiger partial charge in [-0.2, -0.15) is 0 Å². The molecule has 0 unspecified atom stereocenters. The minimum atomic E-state index is -0.232. The third kappa shape index (κ3) is 3.31. The molecule has 1 rings (SSSR count). The highest BCUT2D eigenvalue weighted by Crippen LogP contribution is 2.10. The van der Waals surface area contributed by atoms with Crippen LogP contribution >= 0.6 is 0 Å². The van der Waals surface area contributed by atoms with Crippen LogP contribution in [0.2, 0.25) is 0 Å². The molecule has 1 N–H and O–H groups in total. The van der Waals surface area contributed by atoms with E-state index in [1.54, 1.807) is 23.2 Å². The SMILES string of the molecule is CCN(C(=O)c1ncccc1C#CCO)C(C)C. The number of hydrogen-bond acceptors (Lipinski definition) is 3. The minimum Gasteiger partial charge on any atom is -0.384 e. The maximum absolute atomic E-state index is 12.3. The molecule has 0 bridgehead atoms. The molecule has 18 heavy (non-hydrogen) atoms. The van der Waals surface area contributed by atoms with Gasteiger partial charge in [-0.3, -0.25) is 4.79 Å². The van der Waals surface area contributed by atoms with Crippen molar-refractivity contribution in [2.24, 2.45) is 0 Å². The lowest BCUT2D eigenvalue weighted by Gasteiger charge is -2.25. The Morgan fingerprint density at radius 2 is 2.28 bits per heavy atom. The second-order valence-corrected chi connectivity index (χ2v) is 4.04. The lowest BCUT2D eigenvalue weighted by Crippen LogP contribution is -2.37. The van der Waals surface area contributed by atoms with Crippen LogP contribution in [0.4, 0.5) is 0 Å². The van der Waals surface area contributed by atoms with Gasteiger partial charge in [0.15, 0.2) is 0 Å². The van der Waals surface area contributed by atoms with E-state index in [1.165, 1.54) is 0 Å². The van der Waals surface area contributed by atoms with Gasteiger partial charge in [0, 0.05) is 18.8 Å². The number of amides is 1. The molecule has 1 amide bonds. The third-order valence-corrected chi connectivity index (χ3v) is 2.54. The first-order valence-electron chi connectivity index (χ1n) is 5.97. The molecule has 0 aliphatic rings. The Morgan fingerprint density at radius 3 is 2.83 bits per heavy atom. The molecule has 0 radical (unpaired) electrons. The van der Waals surface area contributed by atoms with Gasteiger partial charge < -0.3 is 10.0 Å². The smallest absolute Gasteiger partial charge is 0.273 e. The summed E-state index contributed by atoms with van der Waals surface area (Å²) in [4.78, 5) is 18.2. The van der Waals surface area contributed by atoms with E-state index in [4.69, 9.17) is 5.11 Å². The number of aliphatic hydroxyl groups is 1. The van der Waals surface area contributed by atoms with Crippen molar-refractivity contribution in [3.05, 3.63) is 29.6 Å². The van der Waals surface area contributed by atoms with Gasteiger partial charge in [-0.1, -0.05) is 11.8 Å². The molecule has 0 saturated heterocycles. The van der Waals surface area contributed by atoms with Gasteiger partial charge in [-0.25, -0.2) is 4.98 Å². The molecule has 1 aromatic rings. The Kier molecular flexibility index (Phi) is 5.34. The second kappa shape index (κ2) is 6.77. The van der Waals surface area contributed by atoms with Crippen LogP contribution in [0.3, 0.4) is 0 Å². The predicted octanol–water partition coefficient (Wildman–Crippen LogP) is 1.30. The van der Waals surface area contributed by atoms with Gasteiger partial charge in [-0.05, 0) is 32.9 Å². The van der Waals surface area contributed by atoms with Crippen LogP contribution in [0.15, 0.2) is 18.3 Å². The van der Waals surface area contributed by atoms with E-state index in [0.717, 1.165) is 0 Å². The molecule has 1 heterocycles. The Morgan fingerprint density at radius 1 is 1.56 bits per heavy atom. The first-order chi connectivity index (χ1) is 8.61. The van der Waals surface area contributed by atoms with Gasteiger partial charge in [-0.15, -0.1) is 0 Å². The van der Waals surface area contributed by atoms with Crippen LogP contribution in [-0.4, -0.2) is 40.1 Å². The normalized spacial score (nSPS) is 9.83. The van der Waals surface area contributed by atoms with Gasteiger partial charge in [0.1, 0.15) is 12.3 Å². The summed E-state index contributed by atoms with van der Waals surface area (Å²) in [5.74, 6) is 5.16. The number of rotatable bonds is 3. The van der Waals surface area contributed by atoms with Crippen LogP contribution in [-0.2, 0) is 0 Å². The number of aromatic nitrogens is 1. The summed E-state index contributed by atoms with van der Waals surface area (Å²) in [6.07, 6.45) is 1.57. The first-order valence-corrected chi connectivity index (χ1v) is 5.97. The van der Waals surface area contributed by atoms with Crippen molar-refractivity contribution in [1.29, 1.82) is 0 Å². The number of nitrogens with zero attached hydrogens (tertiary/aromatic N) is 2. The van der Waals surface area contributed by atoms with Crippen molar-refractivity contribution in [1.82, 2.24) is 9.88 Å².